The van der Waals surface area contributed by atoms with Crippen molar-refractivity contribution in [3.05, 3.63) is 70.8 Å². The quantitative estimate of drug-likeness (QED) is 0.387. The zero-order valence-corrected chi connectivity index (χ0v) is 18.7. The van der Waals surface area contributed by atoms with Crippen LogP contribution in [0.1, 0.15) is 25.1 Å². The number of hydrogen-bond acceptors (Lipinski definition) is 7. The van der Waals surface area contributed by atoms with Crippen LogP contribution in [0, 0.1) is 0 Å². The van der Waals surface area contributed by atoms with Gasteiger partial charge in [0.25, 0.3) is 5.56 Å². The highest BCUT2D eigenvalue weighted by atomic mass is 32.2. The third-order valence-electron chi connectivity index (χ3n) is 5.89. The molecule has 166 valence electrons. The van der Waals surface area contributed by atoms with Gasteiger partial charge >= 0.3 is 0 Å². The van der Waals surface area contributed by atoms with Gasteiger partial charge in [-0.15, -0.1) is 10.2 Å². The molecule has 0 saturated carbocycles. The molecule has 1 saturated heterocycles. The maximum absolute atomic E-state index is 12.6. The Morgan fingerprint density at radius 3 is 2.61 bits per heavy atom. The van der Waals surface area contributed by atoms with Gasteiger partial charge < -0.3 is 14.3 Å². The largest absolute Gasteiger partial charge is 0.449 e. The molecule has 5 aromatic rings. The van der Waals surface area contributed by atoms with Crippen LogP contribution < -0.4 is 10.5 Å². The number of anilines is 1. The summed E-state index contributed by atoms with van der Waals surface area (Å²) in [7, 11) is 0. The van der Waals surface area contributed by atoms with Crippen LogP contribution in [0.4, 0.5) is 5.95 Å². The van der Waals surface area contributed by atoms with Gasteiger partial charge in [0, 0.05) is 18.5 Å². The fourth-order valence-electron chi connectivity index (χ4n) is 4.31. The molecular formula is C24H22N6O2S. The number of thioether (sulfide) groups is 1. The number of hydrogen-bond donors (Lipinski definition) is 1. The number of piperidine rings is 1. The first kappa shape index (κ1) is 20.0. The molecular weight excluding hydrogens is 436 g/mol. The lowest BCUT2D eigenvalue weighted by molar-refractivity contribution is 0.564. The second-order valence-electron chi connectivity index (χ2n) is 8.08. The van der Waals surface area contributed by atoms with Gasteiger partial charge in [-0.2, -0.15) is 0 Å². The molecule has 3 aromatic heterocycles. The van der Waals surface area contributed by atoms with Gasteiger partial charge in [-0.05, 0) is 43.5 Å². The monoisotopic (exact) mass is 458 g/mol. The topological polar surface area (TPSA) is 92.8 Å². The molecule has 1 aliphatic heterocycles. The lowest BCUT2D eigenvalue weighted by atomic mass is 10.1. The van der Waals surface area contributed by atoms with E-state index in [4.69, 9.17) is 9.40 Å². The first-order chi connectivity index (χ1) is 16.3. The highest BCUT2D eigenvalue weighted by Crippen LogP contribution is 2.30. The van der Waals surface area contributed by atoms with Crippen LogP contribution in [-0.2, 0) is 5.75 Å². The number of furan rings is 1. The van der Waals surface area contributed by atoms with Crippen molar-refractivity contribution in [3.63, 3.8) is 0 Å². The van der Waals surface area contributed by atoms with Gasteiger partial charge in [0.2, 0.25) is 11.5 Å². The Morgan fingerprint density at radius 1 is 0.970 bits per heavy atom. The molecule has 0 spiro atoms. The minimum absolute atomic E-state index is 0.254. The lowest BCUT2D eigenvalue weighted by Gasteiger charge is -2.27. The summed E-state index contributed by atoms with van der Waals surface area (Å²) in [4.78, 5) is 22.5. The average Bonchev–Trinajstić information content (AvgIpc) is 3.46. The Labute approximate surface area is 193 Å². The number of benzene rings is 2. The van der Waals surface area contributed by atoms with Gasteiger partial charge in [0.1, 0.15) is 16.9 Å². The molecule has 0 unspecified atom stereocenters. The summed E-state index contributed by atoms with van der Waals surface area (Å²) in [6.07, 6.45) is 3.57. The maximum Gasteiger partial charge on any atom is 0.294 e. The molecule has 1 N–H and O–H groups in total. The molecule has 4 heterocycles. The van der Waals surface area contributed by atoms with Crippen molar-refractivity contribution in [3.8, 4) is 5.69 Å². The summed E-state index contributed by atoms with van der Waals surface area (Å²) in [6.45, 7) is 1.96. The summed E-state index contributed by atoms with van der Waals surface area (Å²) in [5.41, 5.74) is 2.24. The first-order valence-electron chi connectivity index (χ1n) is 11.1. The number of fused-ring (bicyclic) bond motifs is 3. The average molecular weight is 459 g/mol. The molecule has 1 aliphatic rings. The predicted octanol–water partition coefficient (Wildman–Crippen LogP) is 4.53. The molecule has 9 heteroatoms. The molecule has 0 aliphatic carbocycles. The summed E-state index contributed by atoms with van der Waals surface area (Å²) >= 11 is 1.50. The molecule has 0 atom stereocenters. The van der Waals surface area contributed by atoms with Crippen LogP contribution in [-0.4, -0.2) is 37.8 Å². The lowest BCUT2D eigenvalue weighted by Crippen LogP contribution is -2.31. The van der Waals surface area contributed by atoms with Crippen LogP contribution >= 0.6 is 11.8 Å². The predicted molar refractivity (Wildman–Crippen MR) is 129 cm³/mol. The van der Waals surface area contributed by atoms with Crippen LogP contribution in [0.5, 0.6) is 0 Å². The van der Waals surface area contributed by atoms with Crippen molar-refractivity contribution < 1.29 is 4.42 Å². The van der Waals surface area contributed by atoms with E-state index in [0.717, 1.165) is 48.1 Å². The molecule has 0 radical (unpaired) electrons. The van der Waals surface area contributed by atoms with Crippen LogP contribution in [0.3, 0.4) is 0 Å². The van der Waals surface area contributed by atoms with Crippen LogP contribution in [0.25, 0.3) is 27.8 Å². The summed E-state index contributed by atoms with van der Waals surface area (Å²) in [5, 5.41) is 10.6. The zero-order valence-electron chi connectivity index (χ0n) is 17.9. The SMILES string of the molecule is O=c1[nH]c(CSc2nnc(N3CCCCC3)n2-c2ccccc2)nc2c1oc1ccccc12. The number of nitrogens with zero attached hydrogens (tertiary/aromatic N) is 5. The number of para-hydroxylation sites is 2. The standard InChI is InChI=1S/C24H22N6O2S/c31-22-21-20(17-11-5-6-12-18(17)32-21)25-19(26-22)15-33-24-28-27-23(29-13-7-2-8-14-29)30(24)16-9-3-1-4-10-16/h1,3-6,9-12H,2,7-8,13-15H2,(H,25,26,31). The van der Waals surface area contributed by atoms with Crippen molar-refractivity contribution in [2.45, 2.75) is 30.2 Å². The molecule has 2 aromatic carbocycles. The van der Waals surface area contributed by atoms with E-state index >= 15 is 0 Å². The van der Waals surface area contributed by atoms with Crippen molar-refractivity contribution in [1.82, 2.24) is 24.7 Å². The van der Waals surface area contributed by atoms with Gasteiger partial charge in [0.15, 0.2) is 5.16 Å². The molecule has 0 amide bonds. The summed E-state index contributed by atoms with van der Waals surface area (Å²) in [6, 6.07) is 17.7. The van der Waals surface area contributed by atoms with E-state index in [0.29, 0.717) is 22.7 Å². The molecule has 1 fully saturated rings. The number of rotatable bonds is 5. The normalized spacial score (nSPS) is 14.4. The molecule has 0 bridgehead atoms. The van der Waals surface area contributed by atoms with Crippen molar-refractivity contribution in [2.75, 3.05) is 18.0 Å². The summed E-state index contributed by atoms with van der Waals surface area (Å²) in [5.74, 6) is 1.89. The van der Waals surface area contributed by atoms with E-state index < -0.39 is 0 Å². The van der Waals surface area contributed by atoms with Gasteiger partial charge in [-0.1, -0.05) is 42.1 Å². The third kappa shape index (κ3) is 3.68. The Bertz CT molecular complexity index is 1480. The summed E-state index contributed by atoms with van der Waals surface area (Å²) < 4.78 is 7.80. The van der Waals surface area contributed by atoms with E-state index in [1.807, 2.05) is 42.5 Å². The molecule has 8 nitrogen and oxygen atoms in total. The van der Waals surface area contributed by atoms with E-state index in [2.05, 4.69) is 36.8 Å². The molecule has 33 heavy (non-hydrogen) atoms. The fraction of sp³-hybridized carbons (Fsp3) is 0.250. The minimum atomic E-state index is -0.273. The van der Waals surface area contributed by atoms with E-state index in [9.17, 15) is 4.79 Å². The van der Waals surface area contributed by atoms with E-state index in [-0.39, 0.29) is 11.1 Å². The highest BCUT2D eigenvalue weighted by Gasteiger charge is 2.22. The Kier molecular flexibility index (Phi) is 5.10. The van der Waals surface area contributed by atoms with Gasteiger partial charge in [0.05, 0.1) is 11.4 Å². The zero-order chi connectivity index (χ0) is 22.2. The van der Waals surface area contributed by atoms with Crippen LogP contribution in [0.2, 0.25) is 0 Å². The Balaban J connectivity index is 1.35. The van der Waals surface area contributed by atoms with E-state index in [1.54, 1.807) is 0 Å². The van der Waals surface area contributed by atoms with E-state index in [1.165, 1.54) is 18.2 Å². The fourth-order valence-corrected chi connectivity index (χ4v) is 5.12. The number of H-pyrrole nitrogens is 1. The number of aromatic nitrogens is 5. The highest BCUT2D eigenvalue weighted by molar-refractivity contribution is 7.98. The van der Waals surface area contributed by atoms with Gasteiger partial charge in [-0.25, -0.2) is 4.98 Å². The van der Waals surface area contributed by atoms with Crippen molar-refractivity contribution in [1.29, 1.82) is 0 Å². The number of nitrogens with one attached hydrogen (secondary N) is 1. The maximum atomic E-state index is 12.6. The molecule has 6 rings (SSSR count). The smallest absolute Gasteiger partial charge is 0.294 e. The number of aromatic amines is 1. The Hall–Kier alpha value is -3.59. The minimum Gasteiger partial charge on any atom is -0.449 e. The second kappa shape index (κ2) is 8.40. The van der Waals surface area contributed by atoms with Crippen molar-refractivity contribution in [2.24, 2.45) is 0 Å². The Morgan fingerprint density at radius 2 is 1.76 bits per heavy atom. The van der Waals surface area contributed by atoms with Crippen molar-refractivity contribution >= 4 is 39.8 Å². The second-order valence-corrected chi connectivity index (χ2v) is 9.02. The van der Waals surface area contributed by atoms with Crippen LogP contribution in [0.15, 0.2) is 69.0 Å². The third-order valence-corrected chi connectivity index (χ3v) is 6.83. The first-order valence-corrected chi connectivity index (χ1v) is 12.1. The van der Waals surface area contributed by atoms with Gasteiger partial charge in [-0.3, -0.25) is 9.36 Å².